The van der Waals surface area contributed by atoms with Gasteiger partial charge < -0.3 is 5.11 Å². The molecule has 1 aromatic rings. The van der Waals surface area contributed by atoms with Crippen molar-refractivity contribution < 1.29 is 9.90 Å². The molecule has 0 fully saturated rings. The van der Waals surface area contributed by atoms with Crippen molar-refractivity contribution in [3.05, 3.63) is 15.6 Å². The van der Waals surface area contributed by atoms with Gasteiger partial charge in [-0.15, -0.1) is 11.3 Å². The molecule has 1 atom stereocenters. The molecule has 0 radical (unpaired) electrons. The molecule has 2 rings (SSSR count). The summed E-state index contributed by atoms with van der Waals surface area (Å²) in [6, 6.07) is -0.473. The molecular weight excluding hydrogens is 212 g/mol. The molecule has 0 amide bonds. The molecule has 1 aliphatic heterocycles. The van der Waals surface area contributed by atoms with Crippen molar-refractivity contribution >= 4 is 17.3 Å². The van der Waals surface area contributed by atoms with Crippen LogP contribution in [0, 0.1) is 0 Å². The summed E-state index contributed by atoms with van der Waals surface area (Å²) in [6.07, 6.45) is 0.508. The van der Waals surface area contributed by atoms with E-state index in [0.717, 1.165) is 10.7 Å². The Morgan fingerprint density at radius 2 is 2.40 bits per heavy atom. The first kappa shape index (κ1) is 10.6. The second-order valence-corrected chi connectivity index (χ2v) is 5.17. The summed E-state index contributed by atoms with van der Waals surface area (Å²) < 4.78 is 0. The van der Waals surface area contributed by atoms with Crippen LogP contribution in [0.15, 0.2) is 0 Å². The lowest BCUT2D eigenvalue weighted by molar-refractivity contribution is -0.139. The van der Waals surface area contributed by atoms with Gasteiger partial charge in [0, 0.05) is 23.8 Å². The number of thiazole rings is 1. The third kappa shape index (κ3) is 2.03. The number of carboxylic acids is 1. The van der Waals surface area contributed by atoms with E-state index in [9.17, 15) is 4.79 Å². The lowest BCUT2D eigenvalue weighted by Gasteiger charge is -2.18. The van der Waals surface area contributed by atoms with E-state index >= 15 is 0 Å². The van der Waals surface area contributed by atoms with Gasteiger partial charge in [-0.3, -0.25) is 10.1 Å². The normalized spacial score (nSPS) is 20.3. The summed E-state index contributed by atoms with van der Waals surface area (Å²) in [6.45, 7) is 4.84. The monoisotopic (exact) mass is 226 g/mol. The van der Waals surface area contributed by atoms with Crippen LogP contribution in [0.25, 0.3) is 0 Å². The van der Waals surface area contributed by atoms with Crippen LogP contribution in [0.5, 0.6) is 0 Å². The highest BCUT2D eigenvalue weighted by molar-refractivity contribution is 7.11. The van der Waals surface area contributed by atoms with Crippen molar-refractivity contribution in [2.75, 3.05) is 0 Å². The Hall–Kier alpha value is -0.940. The van der Waals surface area contributed by atoms with E-state index in [1.54, 1.807) is 11.3 Å². The van der Waals surface area contributed by atoms with Gasteiger partial charge in [0.25, 0.3) is 0 Å². The van der Waals surface area contributed by atoms with Gasteiger partial charge in [-0.2, -0.15) is 0 Å². The summed E-state index contributed by atoms with van der Waals surface area (Å²) in [5, 5.41) is 13.0. The standard InChI is InChI=1S/C10H14N2O2S/c1-5(2)9-12-6-3-7(10(13)14)11-4-8(6)15-9/h5,7,11H,3-4H2,1-2H3,(H,13,14). The minimum Gasteiger partial charge on any atom is -0.480 e. The molecule has 1 unspecified atom stereocenters. The van der Waals surface area contributed by atoms with Gasteiger partial charge >= 0.3 is 5.97 Å². The minimum absolute atomic E-state index is 0.420. The molecule has 5 heteroatoms. The van der Waals surface area contributed by atoms with Crippen LogP contribution >= 0.6 is 11.3 Å². The molecule has 0 spiro atoms. The number of aromatic nitrogens is 1. The number of fused-ring (bicyclic) bond motifs is 1. The lowest BCUT2D eigenvalue weighted by Crippen LogP contribution is -2.41. The topological polar surface area (TPSA) is 62.2 Å². The fraction of sp³-hybridized carbons (Fsp3) is 0.600. The van der Waals surface area contributed by atoms with E-state index in [1.807, 2.05) is 0 Å². The van der Waals surface area contributed by atoms with Gasteiger partial charge in [-0.1, -0.05) is 13.8 Å². The molecule has 1 aromatic heterocycles. The molecular formula is C10H14N2O2S. The largest absolute Gasteiger partial charge is 0.480 e. The molecule has 2 N–H and O–H groups in total. The predicted octanol–water partition coefficient (Wildman–Crippen LogP) is 1.37. The highest BCUT2D eigenvalue weighted by Crippen LogP contribution is 2.27. The minimum atomic E-state index is -0.792. The summed E-state index contributed by atoms with van der Waals surface area (Å²) in [5.41, 5.74) is 0.967. The fourth-order valence-electron chi connectivity index (χ4n) is 1.60. The SMILES string of the molecule is CC(C)c1nc2c(s1)CNC(C(=O)O)C2. The molecule has 4 nitrogen and oxygen atoms in total. The van der Waals surface area contributed by atoms with Gasteiger partial charge in [0.15, 0.2) is 0 Å². The Morgan fingerprint density at radius 3 is 3.00 bits per heavy atom. The zero-order valence-corrected chi connectivity index (χ0v) is 9.60. The second-order valence-electron chi connectivity index (χ2n) is 4.05. The molecule has 0 aromatic carbocycles. The first-order chi connectivity index (χ1) is 7.08. The van der Waals surface area contributed by atoms with Gasteiger partial charge in [-0.25, -0.2) is 4.98 Å². The van der Waals surface area contributed by atoms with E-state index < -0.39 is 12.0 Å². The van der Waals surface area contributed by atoms with Crippen molar-refractivity contribution in [1.29, 1.82) is 0 Å². The number of rotatable bonds is 2. The van der Waals surface area contributed by atoms with E-state index in [2.05, 4.69) is 24.1 Å². The number of carbonyl (C=O) groups is 1. The Labute approximate surface area is 92.3 Å². The number of carboxylic acid groups (broad SMARTS) is 1. The average molecular weight is 226 g/mol. The van der Waals surface area contributed by atoms with E-state index in [-0.39, 0.29) is 0 Å². The predicted molar refractivity (Wildman–Crippen MR) is 58.2 cm³/mol. The van der Waals surface area contributed by atoms with Crippen LogP contribution in [0.2, 0.25) is 0 Å². The third-order valence-corrected chi connectivity index (χ3v) is 3.89. The average Bonchev–Trinajstić information content (AvgIpc) is 2.59. The first-order valence-corrected chi connectivity index (χ1v) is 5.84. The molecule has 0 saturated carbocycles. The number of nitrogens with zero attached hydrogens (tertiary/aromatic N) is 1. The van der Waals surface area contributed by atoms with Crippen LogP contribution in [0.1, 0.15) is 35.3 Å². The van der Waals surface area contributed by atoms with Crippen molar-refractivity contribution in [1.82, 2.24) is 10.3 Å². The summed E-state index contributed by atoms with van der Waals surface area (Å²) >= 11 is 1.69. The number of hydrogen-bond acceptors (Lipinski definition) is 4. The van der Waals surface area contributed by atoms with Crippen LogP contribution in [0.3, 0.4) is 0 Å². The van der Waals surface area contributed by atoms with Crippen LogP contribution < -0.4 is 5.32 Å². The zero-order chi connectivity index (χ0) is 11.0. The summed E-state index contributed by atoms with van der Waals surface area (Å²) in [7, 11) is 0. The van der Waals surface area contributed by atoms with Crippen LogP contribution in [-0.2, 0) is 17.8 Å². The van der Waals surface area contributed by atoms with Crippen LogP contribution in [0.4, 0.5) is 0 Å². The van der Waals surface area contributed by atoms with Gasteiger partial charge in [0.2, 0.25) is 0 Å². The van der Waals surface area contributed by atoms with Crippen molar-refractivity contribution in [3.8, 4) is 0 Å². The number of nitrogens with one attached hydrogen (secondary N) is 1. The van der Waals surface area contributed by atoms with Gasteiger partial charge in [-0.05, 0) is 0 Å². The smallest absolute Gasteiger partial charge is 0.321 e. The first-order valence-electron chi connectivity index (χ1n) is 5.02. The number of hydrogen-bond donors (Lipinski definition) is 2. The maximum absolute atomic E-state index is 10.8. The quantitative estimate of drug-likeness (QED) is 0.799. The van der Waals surface area contributed by atoms with E-state index in [1.165, 1.54) is 4.88 Å². The highest BCUT2D eigenvalue weighted by Gasteiger charge is 2.26. The molecule has 0 saturated heterocycles. The van der Waals surface area contributed by atoms with Crippen molar-refractivity contribution in [2.24, 2.45) is 0 Å². The van der Waals surface area contributed by atoms with E-state index in [0.29, 0.717) is 18.9 Å². The van der Waals surface area contributed by atoms with E-state index in [4.69, 9.17) is 5.11 Å². The molecule has 0 aliphatic carbocycles. The molecule has 1 aliphatic rings. The lowest BCUT2D eigenvalue weighted by atomic mass is 10.1. The zero-order valence-electron chi connectivity index (χ0n) is 8.78. The second kappa shape index (κ2) is 3.90. The Balaban J connectivity index is 2.22. The number of aliphatic carboxylic acids is 1. The molecule has 15 heavy (non-hydrogen) atoms. The summed E-state index contributed by atoms with van der Waals surface area (Å²) in [5.74, 6) is -0.372. The van der Waals surface area contributed by atoms with Crippen molar-refractivity contribution in [3.63, 3.8) is 0 Å². The summed E-state index contributed by atoms with van der Waals surface area (Å²) in [4.78, 5) is 16.5. The molecule has 2 heterocycles. The maximum Gasteiger partial charge on any atom is 0.321 e. The third-order valence-electron chi connectivity index (χ3n) is 2.49. The van der Waals surface area contributed by atoms with Gasteiger partial charge in [0.1, 0.15) is 6.04 Å². The Bertz CT molecular complexity index is 387. The Morgan fingerprint density at radius 1 is 1.67 bits per heavy atom. The van der Waals surface area contributed by atoms with Crippen molar-refractivity contribution in [2.45, 2.75) is 38.8 Å². The maximum atomic E-state index is 10.8. The molecule has 82 valence electrons. The highest BCUT2D eigenvalue weighted by atomic mass is 32.1. The molecule has 0 bridgehead atoms. The fourth-order valence-corrected chi connectivity index (χ4v) is 2.65. The Kier molecular flexibility index (Phi) is 2.75. The van der Waals surface area contributed by atoms with Gasteiger partial charge in [0.05, 0.1) is 10.7 Å². The van der Waals surface area contributed by atoms with Crippen LogP contribution in [-0.4, -0.2) is 22.1 Å².